The van der Waals surface area contributed by atoms with Crippen molar-refractivity contribution in [2.24, 2.45) is 5.16 Å². The number of amides is 1. The fourth-order valence-electron chi connectivity index (χ4n) is 1.51. The lowest BCUT2D eigenvalue weighted by atomic mass is 10.2. The highest BCUT2D eigenvalue weighted by Gasteiger charge is 2.02. The maximum absolute atomic E-state index is 12.9. The number of halogens is 2. The first-order valence-electron chi connectivity index (χ1n) is 6.10. The highest BCUT2D eigenvalue weighted by Crippen LogP contribution is 2.13. The van der Waals surface area contributed by atoms with Crippen LogP contribution >= 0.6 is 11.6 Å². The molecular weight excluding hydrogens is 295 g/mol. The van der Waals surface area contributed by atoms with Gasteiger partial charge in [0.15, 0.2) is 6.61 Å². The number of oxime groups is 1. The molecule has 1 amide bonds. The summed E-state index contributed by atoms with van der Waals surface area (Å²) in [6.07, 6.45) is 1.33. The lowest BCUT2D eigenvalue weighted by Crippen LogP contribution is -2.16. The maximum Gasteiger partial charge on any atom is 0.265 e. The minimum absolute atomic E-state index is 0.242. The van der Waals surface area contributed by atoms with Crippen molar-refractivity contribution in [3.63, 3.8) is 0 Å². The molecule has 1 N–H and O–H groups in total. The molecule has 0 aromatic heterocycles. The molecule has 6 heteroatoms. The van der Waals surface area contributed by atoms with Crippen molar-refractivity contribution >= 4 is 29.4 Å². The zero-order valence-electron chi connectivity index (χ0n) is 10.9. The summed E-state index contributed by atoms with van der Waals surface area (Å²) in [5.74, 6) is -0.715. The minimum atomic E-state index is -0.362. The van der Waals surface area contributed by atoms with Crippen LogP contribution in [-0.4, -0.2) is 18.7 Å². The van der Waals surface area contributed by atoms with E-state index in [1.807, 2.05) is 0 Å². The number of rotatable bonds is 5. The van der Waals surface area contributed by atoms with E-state index in [0.29, 0.717) is 16.3 Å². The van der Waals surface area contributed by atoms with E-state index >= 15 is 0 Å². The first kappa shape index (κ1) is 15.0. The van der Waals surface area contributed by atoms with E-state index in [4.69, 9.17) is 16.4 Å². The predicted molar refractivity (Wildman–Crippen MR) is 80.0 cm³/mol. The molecule has 2 rings (SSSR count). The topological polar surface area (TPSA) is 50.7 Å². The molecule has 0 heterocycles. The van der Waals surface area contributed by atoms with E-state index in [2.05, 4.69) is 10.5 Å². The second kappa shape index (κ2) is 7.40. The van der Waals surface area contributed by atoms with Gasteiger partial charge in [0.25, 0.3) is 5.91 Å². The average molecular weight is 307 g/mol. The molecule has 21 heavy (non-hydrogen) atoms. The number of nitrogens with one attached hydrogen (secondary N) is 1. The van der Waals surface area contributed by atoms with Crippen LogP contribution in [0.1, 0.15) is 5.56 Å². The van der Waals surface area contributed by atoms with Gasteiger partial charge in [-0.15, -0.1) is 0 Å². The zero-order valence-corrected chi connectivity index (χ0v) is 11.7. The largest absolute Gasteiger partial charge is 0.386 e. The summed E-state index contributed by atoms with van der Waals surface area (Å²) in [5.41, 5.74) is 1.16. The Bertz CT molecular complexity index is 644. The number of hydrogen-bond acceptors (Lipinski definition) is 3. The lowest BCUT2D eigenvalue weighted by Gasteiger charge is -2.04. The van der Waals surface area contributed by atoms with Crippen molar-refractivity contribution < 1.29 is 14.0 Å². The van der Waals surface area contributed by atoms with Gasteiger partial charge in [-0.1, -0.05) is 28.9 Å². The van der Waals surface area contributed by atoms with Crippen LogP contribution in [0.25, 0.3) is 0 Å². The highest BCUT2D eigenvalue weighted by atomic mass is 35.5. The van der Waals surface area contributed by atoms with Gasteiger partial charge in [-0.25, -0.2) is 4.39 Å². The molecular formula is C15H12ClFN2O2. The molecule has 0 unspecified atom stereocenters. The van der Waals surface area contributed by atoms with Crippen LogP contribution in [0, 0.1) is 5.82 Å². The predicted octanol–water partition coefficient (Wildman–Crippen LogP) is 3.47. The van der Waals surface area contributed by atoms with Gasteiger partial charge in [0.05, 0.1) is 6.21 Å². The van der Waals surface area contributed by atoms with Crippen LogP contribution in [0.4, 0.5) is 10.1 Å². The maximum atomic E-state index is 12.9. The van der Waals surface area contributed by atoms with Gasteiger partial charge < -0.3 is 10.2 Å². The van der Waals surface area contributed by atoms with Crippen molar-refractivity contribution in [3.05, 3.63) is 64.9 Å². The molecule has 0 saturated carbocycles. The molecule has 2 aromatic rings. The van der Waals surface area contributed by atoms with E-state index in [9.17, 15) is 9.18 Å². The number of carbonyl (C=O) groups excluding carboxylic acids is 1. The summed E-state index contributed by atoms with van der Waals surface area (Å²) in [7, 11) is 0. The molecule has 0 bridgehead atoms. The Hall–Kier alpha value is -2.40. The van der Waals surface area contributed by atoms with E-state index in [-0.39, 0.29) is 18.3 Å². The van der Waals surface area contributed by atoms with E-state index in [1.165, 1.54) is 18.3 Å². The van der Waals surface area contributed by atoms with Crippen LogP contribution < -0.4 is 5.32 Å². The number of nitrogens with zero attached hydrogens (tertiary/aromatic N) is 1. The number of benzene rings is 2. The van der Waals surface area contributed by atoms with Crippen molar-refractivity contribution in [3.8, 4) is 0 Å². The third-order valence-electron chi connectivity index (χ3n) is 2.45. The van der Waals surface area contributed by atoms with Crippen molar-refractivity contribution in [1.82, 2.24) is 0 Å². The van der Waals surface area contributed by atoms with Crippen molar-refractivity contribution in [2.75, 3.05) is 11.9 Å². The Balaban J connectivity index is 1.78. The molecule has 0 atom stereocenters. The van der Waals surface area contributed by atoms with Gasteiger partial charge in [0.2, 0.25) is 0 Å². The van der Waals surface area contributed by atoms with Crippen LogP contribution in [0.2, 0.25) is 5.02 Å². The van der Waals surface area contributed by atoms with E-state index < -0.39 is 0 Å². The molecule has 2 aromatic carbocycles. The van der Waals surface area contributed by atoms with E-state index in [1.54, 1.807) is 36.4 Å². The third kappa shape index (κ3) is 5.24. The van der Waals surface area contributed by atoms with Gasteiger partial charge >= 0.3 is 0 Å². The summed E-state index contributed by atoms with van der Waals surface area (Å²) < 4.78 is 12.9. The monoisotopic (exact) mass is 306 g/mol. The Labute approximate surface area is 126 Å². The fourth-order valence-corrected chi connectivity index (χ4v) is 1.64. The van der Waals surface area contributed by atoms with Crippen LogP contribution in [0.3, 0.4) is 0 Å². The normalized spacial score (nSPS) is 10.6. The second-order valence-corrected chi connectivity index (χ2v) is 4.55. The molecule has 108 valence electrons. The van der Waals surface area contributed by atoms with Gasteiger partial charge in [-0.05, 0) is 42.0 Å². The number of anilines is 1. The zero-order chi connectivity index (χ0) is 15.1. The SMILES string of the molecule is O=C(CO/N=C\c1cccc(F)c1)Nc1ccc(Cl)cc1. The molecule has 0 fully saturated rings. The Kier molecular flexibility index (Phi) is 5.29. The number of hydrogen-bond donors (Lipinski definition) is 1. The second-order valence-electron chi connectivity index (χ2n) is 4.12. The lowest BCUT2D eigenvalue weighted by molar-refractivity contribution is -0.120. The van der Waals surface area contributed by atoms with Crippen LogP contribution in [0.5, 0.6) is 0 Å². The Morgan fingerprint density at radius 1 is 1.29 bits per heavy atom. The summed E-state index contributed by atoms with van der Waals surface area (Å²) in [6.45, 7) is -0.242. The first-order chi connectivity index (χ1) is 10.1. The summed E-state index contributed by atoms with van der Waals surface area (Å²) >= 11 is 5.74. The van der Waals surface area contributed by atoms with Gasteiger partial charge in [-0.2, -0.15) is 0 Å². The molecule has 0 radical (unpaired) electrons. The Morgan fingerprint density at radius 3 is 2.76 bits per heavy atom. The molecule has 0 aliphatic rings. The third-order valence-corrected chi connectivity index (χ3v) is 2.70. The molecule has 0 saturated heterocycles. The van der Waals surface area contributed by atoms with Crippen molar-refractivity contribution in [2.45, 2.75) is 0 Å². The molecule has 0 aliphatic carbocycles. The minimum Gasteiger partial charge on any atom is -0.386 e. The van der Waals surface area contributed by atoms with Crippen molar-refractivity contribution in [1.29, 1.82) is 0 Å². The molecule has 4 nitrogen and oxygen atoms in total. The smallest absolute Gasteiger partial charge is 0.265 e. The van der Waals surface area contributed by atoms with E-state index in [0.717, 1.165) is 0 Å². The van der Waals surface area contributed by atoms with Gasteiger partial charge in [0.1, 0.15) is 5.82 Å². The molecule has 0 aliphatic heterocycles. The van der Waals surface area contributed by atoms with Crippen LogP contribution in [-0.2, 0) is 9.63 Å². The van der Waals surface area contributed by atoms with Gasteiger partial charge in [-0.3, -0.25) is 4.79 Å². The summed E-state index contributed by atoms with van der Waals surface area (Å²) in [6, 6.07) is 12.6. The fraction of sp³-hybridized carbons (Fsp3) is 0.0667. The number of carbonyl (C=O) groups is 1. The standard InChI is InChI=1S/C15H12ClFN2O2/c16-12-4-6-14(7-5-12)19-15(20)10-21-18-9-11-2-1-3-13(17)8-11/h1-9H,10H2,(H,19,20)/b18-9-. The summed E-state index contributed by atoms with van der Waals surface area (Å²) in [4.78, 5) is 16.4. The average Bonchev–Trinajstić information content (AvgIpc) is 2.46. The Morgan fingerprint density at radius 2 is 2.05 bits per heavy atom. The quantitative estimate of drug-likeness (QED) is 0.679. The highest BCUT2D eigenvalue weighted by molar-refractivity contribution is 6.30. The van der Waals surface area contributed by atoms with Crippen LogP contribution in [0.15, 0.2) is 53.7 Å². The summed E-state index contributed by atoms with van der Waals surface area (Å²) in [5, 5.41) is 6.81. The van der Waals surface area contributed by atoms with Gasteiger partial charge in [0, 0.05) is 10.7 Å². The molecule has 0 spiro atoms. The first-order valence-corrected chi connectivity index (χ1v) is 6.47.